The summed E-state index contributed by atoms with van der Waals surface area (Å²) < 4.78 is 42.3. The van der Waals surface area contributed by atoms with Crippen molar-refractivity contribution in [2.75, 3.05) is 26.7 Å². The Hall–Kier alpha value is -3.23. The lowest BCUT2D eigenvalue weighted by Gasteiger charge is -2.14. The van der Waals surface area contributed by atoms with Crippen molar-refractivity contribution in [2.24, 2.45) is 4.99 Å². The van der Waals surface area contributed by atoms with Gasteiger partial charge in [0.25, 0.3) is 5.91 Å². The molecule has 0 spiro atoms. The zero-order valence-electron chi connectivity index (χ0n) is 17.6. The van der Waals surface area contributed by atoms with Gasteiger partial charge >= 0.3 is 6.18 Å². The van der Waals surface area contributed by atoms with Gasteiger partial charge in [0.1, 0.15) is 5.75 Å². The molecule has 3 N–H and O–H groups in total. The van der Waals surface area contributed by atoms with Gasteiger partial charge in [0.15, 0.2) is 12.6 Å². The molecule has 0 aliphatic rings. The van der Waals surface area contributed by atoms with E-state index < -0.39 is 12.8 Å². The van der Waals surface area contributed by atoms with Crippen LogP contribution in [0.2, 0.25) is 0 Å². The van der Waals surface area contributed by atoms with Crippen LogP contribution in [0.5, 0.6) is 5.75 Å². The fourth-order valence-electron chi connectivity index (χ4n) is 2.78. The Balaban J connectivity index is 1.98. The second kappa shape index (κ2) is 11.8. The highest BCUT2D eigenvalue weighted by atomic mass is 19.4. The Bertz CT molecular complexity index is 885. The molecule has 0 saturated heterocycles. The van der Waals surface area contributed by atoms with Crippen LogP contribution in [-0.4, -0.2) is 44.8 Å². The number of benzene rings is 2. The highest BCUT2D eigenvalue weighted by Gasteiger charge is 2.28. The van der Waals surface area contributed by atoms with Gasteiger partial charge in [0.05, 0.1) is 6.54 Å². The minimum atomic E-state index is -4.40. The van der Waals surface area contributed by atoms with Crippen molar-refractivity contribution in [3.05, 3.63) is 65.2 Å². The molecule has 0 atom stereocenters. The summed E-state index contributed by atoms with van der Waals surface area (Å²) in [6, 6.07) is 13.9. The SMILES string of the molecule is CCNC(=NCc1ccccc1OCC(F)(F)F)NCCc1cccc(C(=O)NC)c1. The van der Waals surface area contributed by atoms with Gasteiger partial charge in [-0.15, -0.1) is 0 Å². The minimum Gasteiger partial charge on any atom is -0.484 e. The lowest BCUT2D eigenvalue weighted by Crippen LogP contribution is -2.38. The average Bonchev–Trinajstić information content (AvgIpc) is 2.75. The molecule has 0 aliphatic carbocycles. The predicted molar refractivity (Wildman–Crippen MR) is 114 cm³/mol. The molecule has 2 aromatic rings. The van der Waals surface area contributed by atoms with Gasteiger partial charge in [0, 0.05) is 31.3 Å². The summed E-state index contributed by atoms with van der Waals surface area (Å²) in [6.45, 7) is 1.93. The summed E-state index contributed by atoms with van der Waals surface area (Å²) in [7, 11) is 1.59. The van der Waals surface area contributed by atoms with E-state index in [0.717, 1.165) is 5.56 Å². The maximum absolute atomic E-state index is 12.5. The fraction of sp³-hybridized carbons (Fsp3) is 0.364. The highest BCUT2D eigenvalue weighted by Crippen LogP contribution is 2.22. The number of aliphatic imine (C=N–C) groups is 1. The molecular weight excluding hydrogens is 409 g/mol. The van der Waals surface area contributed by atoms with Crippen LogP contribution < -0.4 is 20.7 Å². The van der Waals surface area contributed by atoms with E-state index in [2.05, 4.69) is 20.9 Å². The summed E-state index contributed by atoms with van der Waals surface area (Å²) in [5, 5.41) is 8.90. The lowest BCUT2D eigenvalue weighted by atomic mass is 10.1. The number of carbonyl (C=O) groups excluding carboxylic acids is 1. The van der Waals surface area contributed by atoms with Crippen LogP contribution in [0, 0.1) is 0 Å². The third kappa shape index (κ3) is 8.57. The highest BCUT2D eigenvalue weighted by molar-refractivity contribution is 5.94. The second-order valence-electron chi connectivity index (χ2n) is 6.66. The smallest absolute Gasteiger partial charge is 0.422 e. The Morgan fingerprint density at radius 1 is 1.10 bits per heavy atom. The molecule has 0 unspecified atom stereocenters. The van der Waals surface area contributed by atoms with E-state index in [1.807, 2.05) is 25.1 Å². The van der Waals surface area contributed by atoms with Crippen molar-refractivity contribution < 1.29 is 22.7 Å². The van der Waals surface area contributed by atoms with Gasteiger partial charge in [0.2, 0.25) is 0 Å². The molecule has 0 aromatic heterocycles. The maximum atomic E-state index is 12.5. The van der Waals surface area contributed by atoms with Gasteiger partial charge in [-0.05, 0) is 37.1 Å². The number of ether oxygens (including phenoxy) is 1. The van der Waals surface area contributed by atoms with E-state index in [1.165, 1.54) is 6.07 Å². The van der Waals surface area contributed by atoms with Crippen LogP contribution in [0.1, 0.15) is 28.4 Å². The van der Waals surface area contributed by atoms with Crippen LogP contribution >= 0.6 is 0 Å². The van der Waals surface area contributed by atoms with E-state index in [0.29, 0.717) is 36.6 Å². The summed E-state index contributed by atoms with van der Waals surface area (Å²) in [6.07, 6.45) is -3.73. The van der Waals surface area contributed by atoms with E-state index in [1.54, 1.807) is 31.3 Å². The van der Waals surface area contributed by atoms with Crippen molar-refractivity contribution in [1.82, 2.24) is 16.0 Å². The molecule has 31 heavy (non-hydrogen) atoms. The van der Waals surface area contributed by atoms with Crippen molar-refractivity contribution in [1.29, 1.82) is 0 Å². The number of hydrogen-bond donors (Lipinski definition) is 3. The molecule has 9 heteroatoms. The molecule has 1 amide bonds. The average molecular weight is 436 g/mol. The molecule has 0 bridgehead atoms. The topological polar surface area (TPSA) is 74.8 Å². The zero-order chi connectivity index (χ0) is 22.7. The van der Waals surface area contributed by atoms with E-state index in [9.17, 15) is 18.0 Å². The second-order valence-corrected chi connectivity index (χ2v) is 6.66. The van der Waals surface area contributed by atoms with E-state index >= 15 is 0 Å². The molecule has 2 rings (SSSR count). The monoisotopic (exact) mass is 436 g/mol. The number of guanidine groups is 1. The van der Waals surface area contributed by atoms with Crippen LogP contribution in [0.3, 0.4) is 0 Å². The number of nitrogens with zero attached hydrogens (tertiary/aromatic N) is 1. The first-order valence-corrected chi connectivity index (χ1v) is 9.93. The van der Waals surface area contributed by atoms with Crippen molar-refractivity contribution in [2.45, 2.75) is 26.1 Å². The van der Waals surface area contributed by atoms with Gasteiger partial charge in [-0.25, -0.2) is 4.99 Å². The standard InChI is InChI=1S/C22H27F3N4O2/c1-3-27-21(28-12-11-16-7-6-9-17(13-16)20(30)26-2)29-14-18-8-4-5-10-19(18)31-15-22(23,24)25/h4-10,13H,3,11-12,14-15H2,1-2H3,(H,26,30)(H2,27,28,29). The number of amides is 1. The van der Waals surface area contributed by atoms with Crippen LogP contribution in [0.15, 0.2) is 53.5 Å². The summed E-state index contributed by atoms with van der Waals surface area (Å²) in [5.74, 6) is 0.553. The number of nitrogens with one attached hydrogen (secondary N) is 3. The third-order valence-electron chi connectivity index (χ3n) is 4.24. The lowest BCUT2D eigenvalue weighted by molar-refractivity contribution is -0.153. The first-order valence-electron chi connectivity index (χ1n) is 9.93. The molecule has 2 aromatic carbocycles. The van der Waals surface area contributed by atoms with E-state index in [-0.39, 0.29) is 18.2 Å². The predicted octanol–water partition coefficient (Wildman–Crippen LogP) is 3.29. The number of rotatable bonds is 9. The first-order chi connectivity index (χ1) is 14.8. The van der Waals surface area contributed by atoms with Crippen LogP contribution in [0.25, 0.3) is 0 Å². The molecule has 0 saturated carbocycles. The van der Waals surface area contributed by atoms with Gasteiger partial charge in [-0.1, -0.05) is 30.3 Å². The quantitative estimate of drug-likeness (QED) is 0.417. The molecule has 6 nitrogen and oxygen atoms in total. The van der Waals surface area contributed by atoms with Gasteiger partial charge < -0.3 is 20.7 Å². The Morgan fingerprint density at radius 3 is 2.58 bits per heavy atom. The number of hydrogen-bond acceptors (Lipinski definition) is 3. The maximum Gasteiger partial charge on any atom is 0.422 e. The molecule has 0 radical (unpaired) electrons. The number of carbonyl (C=O) groups is 1. The summed E-state index contributed by atoms with van der Waals surface area (Å²) in [5.41, 5.74) is 2.15. The normalized spacial score (nSPS) is 11.7. The molecule has 168 valence electrons. The number of para-hydroxylation sites is 1. The summed E-state index contributed by atoms with van der Waals surface area (Å²) in [4.78, 5) is 16.2. The Labute approximate surface area is 179 Å². The van der Waals surface area contributed by atoms with Gasteiger partial charge in [-0.3, -0.25) is 4.79 Å². The number of halogens is 3. The molecule has 0 aliphatic heterocycles. The van der Waals surface area contributed by atoms with Crippen LogP contribution in [-0.2, 0) is 13.0 Å². The van der Waals surface area contributed by atoms with Crippen molar-refractivity contribution in [3.8, 4) is 5.75 Å². The van der Waals surface area contributed by atoms with Gasteiger partial charge in [-0.2, -0.15) is 13.2 Å². The zero-order valence-corrected chi connectivity index (χ0v) is 17.6. The first kappa shape index (κ1) is 24.0. The minimum absolute atomic E-state index is 0.142. The fourth-order valence-corrected chi connectivity index (χ4v) is 2.78. The molecule has 0 heterocycles. The Kier molecular flexibility index (Phi) is 9.17. The van der Waals surface area contributed by atoms with Crippen LogP contribution in [0.4, 0.5) is 13.2 Å². The largest absolute Gasteiger partial charge is 0.484 e. The molecular formula is C22H27F3N4O2. The van der Waals surface area contributed by atoms with Crippen molar-refractivity contribution in [3.63, 3.8) is 0 Å². The third-order valence-corrected chi connectivity index (χ3v) is 4.24. The number of alkyl halides is 3. The Morgan fingerprint density at radius 2 is 1.87 bits per heavy atom. The van der Waals surface area contributed by atoms with Crippen molar-refractivity contribution >= 4 is 11.9 Å². The molecule has 0 fully saturated rings. The summed E-state index contributed by atoms with van der Waals surface area (Å²) >= 11 is 0. The van der Waals surface area contributed by atoms with E-state index in [4.69, 9.17) is 4.74 Å².